The Labute approximate surface area is 279 Å². The number of carbonyl (C=O) groups excluding carboxylic acids is 3. The van der Waals surface area contributed by atoms with Gasteiger partial charge in [-0.2, -0.15) is 5.10 Å². The van der Waals surface area contributed by atoms with Crippen molar-refractivity contribution in [3.05, 3.63) is 83.0 Å². The van der Waals surface area contributed by atoms with Gasteiger partial charge in [-0.1, -0.05) is 25.1 Å². The summed E-state index contributed by atoms with van der Waals surface area (Å²) in [5.41, 5.74) is 19.3. The maximum Gasteiger partial charge on any atom is 0.269 e. The molecule has 4 heterocycles. The molecule has 7 N–H and O–H groups in total. The van der Waals surface area contributed by atoms with Gasteiger partial charge in [0.1, 0.15) is 17.2 Å². The van der Waals surface area contributed by atoms with Gasteiger partial charge in [0.05, 0.1) is 41.0 Å². The Morgan fingerprint density at radius 1 is 1.06 bits per heavy atom. The van der Waals surface area contributed by atoms with Gasteiger partial charge >= 0.3 is 0 Å². The molecular weight excluding hydrogens is 608 g/mol. The number of carbonyl (C=O) groups is 3. The highest BCUT2D eigenvalue weighted by molar-refractivity contribution is 5.96. The number of rotatable bonds is 12. The number of para-hydroxylation sites is 1. The first-order valence-electron chi connectivity index (χ1n) is 16.7. The van der Waals surface area contributed by atoms with E-state index in [1.165, 1.54) is 6.08 Å². The highest BCUT2D eigenvalue weighted by Crippen LogP contribution is 2.49. The van der Waals surface area contributed by atoms with Crippen LogP contribution in [0.4, 0.5) is 11.4 Å². The van der Waals surface area contributed by atoms with E-state index in [2.05, 4.69) is 55.5 Å². The Morgan fingerprint density at radius 3 is 2.56 bits per heavy atom. The number of pyridine rings is 1. The molecule has 0 bridgehead atoms. The van der Waals surface area contributed by atoms with Crippen LogP contribution in [0.25, 0.3) is 11.1 Å². The lowest BCUT2D eigenvalue weighted by Crippen LogP contribution is -2.48. The van der Waals surface area contributed by atoms with Crippen molar-refractivity contribution in [1.29, 1.82) is 0 Å². The fraction of sp³-hybridized carbons (Fsp3) is 0.400. The summed E-state index contributed by atoms with van der Waals surface area (Å²) in [6.45, 7) is 4.46. The van der Waals surface area contributed by atoms with Crippen molar-refractivity contribution >= 4 is 29.5 Å². The molecule has 250 valence electrons. The number of nitrogens with zero attached hydrogens (tertiary/aromatic N) is 5. The molecule has 2 amide bonds. The van der Waals surface area contributed by atoms with Crippen LogP contribution in [0.3, 0.4) is 0 Å². The van der Waals surface area contributed by atoms with Gasteiger partial charge < -0.3 is 32.3 Å². The highest BCUT2D eigenvalue weighted by Gasteiger charge is 2.38. The molecule has 3 fully saturated rings. The van der Waals surface area contributed by atoms with Gasteiger partial charge in [0.15, 0.2) is 6.29 Å². The van der Waals surface area contributed by atoms with Gasteiger partial charge in [-0.05, 0) is 49.8 Å². The molecule has 1 unspecified atom stereocenters. The molecule has 1 saturated heterocycles. The fourth-order valence-corrected chi connectivity index (χ4v) is 6.73. The first kappa shape index (κ1) is 31.4. The van der Waals surface area contributed by atoms with Crippen molar-refractivity contribution in [3.63, 3.8) is 0 Å². The highest BCUT2D eigenvalue weighted by atomic mass is 16.2. The molecule has 2 aromatic heterocycles. The van der Waals surface area contributed by atoms with E-state index in [1.54, 1.807) is 6.20 Å². The van der Waals surface area contributed by atoms with Gasteiger partial charge in [-0.3, -0.25) is 28.9 Å². The van der Waals surface area contributed by atoms with Crippen molar-refractivity contribution in [2.75, 3.05) is 30.4 Å². The third-order valence-electron chi connectivity index (χ3n) is 9.63. The van der Waals surface area contributed by atoms with E-state index in [0.717, 1.165) is 85.2 Å². The fourth-order valence-electron chi connectivity index (χ4n) is 6.73. The lowest BCUT2D eigenvalue weighted by molar-refractivity contribution is -0.121. The summed E-state index contributed by atoms with van der Waals surface area (Å²) in [5, 5.41) is 14.0. The molecule has 0 spiro atoms. The maximum atomic E-state index is 13.1. The van der Waals surface area contributed by atoms with Crippen LogP contribution >= 0.6 is 0 Å². The summed E-state index contributed by atoms with van der Waals surface area (Å²) in [6.07, 6.45) is 10.3. The Kier molecular flexibility index (Phi) is 8.38. The summed E-state index contributed by atoms with van der Waals surface area (Å²) in [4.78, 5) is 45.7. The average Bonchev–Trinajstić information content (AvgIpc) is 4.01. The van der Waals surface area contributed by atoms with Gasteiger partial charge in [-0.15, -0.1) is 0 Å². The number of benzene rings is 1. The number of allylic oxidation sites excluding steroid dienone is 1. The molecule has 13 nitrogen and oxygen atoms in total. The minimum atomic E-state index is -0.383. The molecule has 13 heteroatoms. The molecule has 3 aromatic rings. The Hall–Kier alpha value is -5.17. The number of likely N-dealkylation sites (tertiary alicyclic amines) is 1. The van der Waals surface area contributed by atoms with E-state index in [9.17, 15) is 14.4 Å². The van der Waals surface area contributed by atoms with Crippen molar-refractivity contribution in [2.24, 2.45) is 17.4 Å². The zero-order chi connectivity index (χ0) is 33.5. The molecule has 4 aliphatic rings. The van der Waals surface area contributed by atoms with Crippen molar-refractivity contribution in [3.8, 4) is 11.1 Å². The normalized spacial score (nSPS) is 19.8. The summed E-state index contributed by atoms with van der Waals surface area (Å²) >= 11 is 0. The number of aldehydes is 1. The molecule has 1 aromatic carbocycles. The van der Waals surface area contributed by atoms with E-state index < -0.39 is 0 Å². The Morgan fingerprint density at radius 2 is 1.85 bits per heavy atom. The quantitative estimate of drug-likeness (QED) is 0.111. The molecule has 7 rings (SSSR count). The van der Waals surface area contributed by atoms with Crippen LogP contribution in [0.1, 0.15) is 72.9 Å². The number of hydrogen-bond acceptors (Lipinski definition) is 10. The van der Waals surface area contributed by atoms with Gasteiger partial charge in [0.2, 0.25) is 5.91 Å². The molecule has 2 aliphatic heterocycles. The number of anilines is 2. The van der Waals surface area contributed by atoms with Crippen LogP contribution < -0.4 is 32.3 Å². The molecule has 48 heavy (non-hydrogen) atoms. The minimum Gasteiger partial charge on any atom is -0.393 e. The molecular formula is C35H42N10O3. The second-order valence-electron chi connectivity index (χ2n) is 13.2. The maximum absolute atomic E-state index is 13.1. The van der Waals surface area contributed by atoms with Gasteiger partial charge in [0, 0.05) is 62.0 Å². The van der Waals surface area contributed by atoms with Crippen LogP contribution in [-0.4, -0.2) is 63.9 Å². The molecule has 1 atom stereocenters. The average molecular weight is 651 g/mol. The Bertz CT molecular complexity index is 1820. The zero-order valence-corrected chi connectivity index (χ0v) is 27.3. The first-order valence-corrected chi connectivity index (χ1v) is 16.7. The van der Waals surface area contributed by atoms with Crippen LogP contribution in [0.15, 0.2) is 66.0 Å². The van der Waals surface area contributed by atoms with Crippen LogP contribution in [-0.2, 0) is 16.1 Å². The summed E-state index contributed by atoms with van der Waals surface area (Å²) < 4.78 is 2.17. The lowest BCUT2D eigenvalue weighted by Gasteiger charge is -2.43. The minimum absolute atomic E-state index is 0.0109. The predicted molar refractivity (Wildman–Crippen MR) is 182 cm³/mol. The van der Waals surface area contributed by atoms with E-state index in [4.69, 9.17) is 16.6 Å². The summed E-state index contributed by atoms with van der Waals surface area (Å²) in [7, 11) is 2.07. The zero-order valence-electron chi connectivity index (χ0n) is 27.3. The van der Waals surface area contributed by atoms with Crippen LogP contribution in [0.5, 0.6) is 0 Å². The predicted octanol–water partition coefficient (Wildman–Crippen LogP) is 2.90. The van der Waals surface area contributed by atoms with Crippen molar-refractivity contribution in [2.45, 2.75) is 63.7 Å². The van der Waals surface area contributed by atoms with E-state index >= 15 is 0 Å². The number of aromatic nitrogens is 3. The monoisotopic (exact) mass is 650 g/mol. The second kappa shape index (κ2) is 12.8. The van der Waals surface area contributed by atoms with Gasteiger partial charge in [0.25, 0.3) is 5.91 Å². The van der Waals surface area contributed by atoms with Crippen LogP contribution in [0.2, 0.25) is 0 Å². The molecule has 2 aliphatic carbocycles. The third kappa shape index (κ3) is 6.13. The number of fused-ring (bicyclic) bond motifs is 3. The van der Waals surface area contributed by atoms with Crippen molar-refractivity contribution < 1.29 is 14.4 Å². The van der Waals surface area contributed by atoms with E-state index in [-0.39, 0.29) is 47.4 Å². The van der Waals surface area contributed by atoms with Crippen molar-refractivity contribution in [1.82, 2.24) is 30.3 Å². The Balaban J connectivity index is 1.17. The third-order valence-corrected chi connectivity index (χ3v) is 9.63. The SMILES string of the molecule is CCC1c2c(cnn2C2CN(Cc3cccnc3C=O)C2)-c2cccc(NC(/C=C(\N)NC(=O)C3CC3)=C(/N)C(=O)NC3CC3)c2N1C. The van der Waals surface area contributed by atoms with E-state index in [1.807, 2.05) is 30.5 Å². The number of nitrogens with two attached hydrogens (primary N) is 2. The number of nitrogens with one attached hydrogen (secondary N) is 3. The largest absolute Gasteiger partial charge is 0.393 e. The molecule has 0 radical (unpaired) electrons. The second-order valence-corrected chi connectivity index (χ2v) is 13.2. The standard InChI is InChI=1S/C35H42N10O3/c1-3-29-33-25(15-39-45(33)23-17-44(18-23)16-21-6-5-13-38-28(21)19-46)24-7-4-8-26(32(24)43(29)2)41-27(31(37)35(48)40-22-11-12-22)14-30(36)42-34(47)20-9-10-20/h4-8,13-15,19-20,22-23,29,41H,3,9-12,16-18,36-37H2,1-2H3,(H,40,48)(H,42,47)/b30-14+,31-27+. The number of amides is 2. The first-order chi connectivity index (χ1) is 23.2. The van der Waals surface area contributed by atoms with E-state index in [0.29, 0.717) is 17.9 Å². The topological polar surface area (TPSA) is 177 Å². The summed E-state index contributed by atoms with van der Waals surface area (Å²) in [6, 6.07) is 10.2. The number of hydrogen-bond donors (Lipinski definition) is 5. The van der Waals surface area contributed by atoms with Crippen LogP contribution in [0, 0.1) is 5.92 Å². The lowest BCUT2D eigenvalue weighted by atomic mass is 9.91. The summed E-state index contributed by atoms with van der Waals surface area (Å²) in [5.74, 6) is -0.423. The smallest absolute Gasteiger partial charge is 0.269 e. The molecule has 2 saturated carbocycles. The van der Waals surface area contributed by atoms with Gasteiger partial charge in [-0.25, -0.2) is 0 Å².